The van der Waals surface area contributed by atoms with Gasteiger partial charge in [0.25, 0.3) is 0 Å². The third-order valence-electron chi connectivity index (χ3n) is 3.59. The Kier molecular flexibility index (Phi) is 6.56. The average Bonchev–Trinajstić information content (AvgIpc) is 3.29. The van der Waals surface area contributed by atoms with Crippen LogP contribution in [0.2, 0.25) is 0 Å². The van der Waals surface area contributed by atoms with Crippen molar-refractivity contribution in [2.45, 2.75) is 37.4 Å². The van der Waals surface area contributed by atoms with E-state index < -0.39 is 0 Å². The number of thioether (sulfide) groups is 1. The van der Waals surface area contributed by atoms with Gasteiger partial charge in [-0.3, -0.25) is 0 Å². The lowest BCUT2D eigenvalue weighted by molar-refractivity contribution is 0.378. The molecule has 2 aromatic heterocycles. The highest BCUT2D eigenvalue weighted by atomic mass is 32.2. The monoisotopic (exact) mass is 393 g/mol. The fraction of sp³-hybridized carbons (Fsp3) is 0.412. The highest BCUT2D eigenvalue weighted by molar-refractivity contribution is 8.01. The van der Waals surface area contributed by atoms with Gasteiger partial charge in [-0.25, -0.2) is 4.39 Å². The quantitative estimate of drug-likeness (QED) is 0.421. The summed E-state index contributed by atoms with van der Waals surface area (Å²) in [7, 11) is 0. The lowest BCUT2D eigenvalue weighted by atomic mass is 10.1. The van der Waals surface area contributed by atoms with E-state index in [2.05, 4.69) is 32.6 Å². The second-order valence-electron chi connectivity index (χ2n) is 5.73. The van der Waals surface area contributed by atoms with Gasteiger partial charge in [0.05, 0.1) is 0 Å². The zero-order chi connectivity index (χ0) is 18.4. The van der Waals surface area contributed by atoms with Crippen LogP contribution in [-0.2, 0) is 6.42 Å². The van der Waals surface area contributed by atoms with Crippen LogP contribution in [-0.4, -0.2) is 32.6 Å². The molecule has 3 aromatic rings. The molecule has 26 heavy (non-hydrogen) atoms. The summed E-state index contributed by atoms with van der Waals surface area (Å²) in [6.45, 7) is 4.74. The second kappa shape index (κ2) is 9.09. The molecule has 0 aliphatic rings. The smallest absolute Gasteiger partial charge is 0.226 e. The van der Waals surface area contributed by atoms with Crippen LogP contribution < -0.4 is 5.32 Å². The summed E-state index contributed by atoms with van der Waals surface area (Å²) >= 11 is 3.23. The predicted octanol–water partition coefficient (Wildman–Crippen LogP) is 4.58. The molecule has 9 heteroatoms. The standard InChI is InChI=1S/C17H20FN5OS2/c1-3-8-19-16-21-22-17(26-16)25-9-4-5-14-20-15(23-24-14)12-7-6-11(2)13(18)10-12/h6-7,10H,3-5,8-9H2,1-2H3,(H,19,21). The molecule has 0 unspecified atom stereocenters. The number of nitrogens with one attached hydrogen (secondary N) is 1. The zero-order valence-corrected chi connectivity index (χ0v) is 16.3. The van der Waals surface area contributed by atoms with Crippen molar-refractivity contribution in [1.82, 2.24) is 20.3 Å². The van der Waals surface area contributed by atoms with Crippen LogP contribution in [0.25, 0.3) is 11.4 Å². The summed E-state index contributed by atoms with van der Waals surface area (Å²) in [5, 5.41) is 16.3. The number of nitrogens with zero attached hydrogens (tertiary/aromatic N) is 4. The average molecular weight is 394 g/mol. The summed E-state index contributed by atoms with van der Waals surface area (Å²) in [6.07, 6.45) is 2.61. The Balaban J connectivity index is 1.46. The molecule has 0 saturated heterocycles. The molecule has 0 fully saturated rings. The Morgan fingerprint density at radius 1 is 1.31 bits per heavy atom. The van der Waals surface area contributed by atoms with Gasteiger partial charge in [-0.1, -0.05) is 47.3 Å². The molecule has 1 N–H and O–H groups in total. The molecule has 6 nitrogen and oxygen atoms in total. The van der Waals surface area contributed by atoms with E-state index >= 15 is 0 Å². The highest BCUT2D eigenvalue weighted by Gasteiger charge is 2.11. The molecule has 0 saturated carbocycles. The fourth-order valence-corrected chi connectivity index (χ4v) is 3.95. The van der Waals surface area contributed by atoms with Crippen LogP contribution in [0.3, 0.4) is 0 Å². The highest BCUT2D eigenvalue weighted by Crippen LogP contribution is 2.26. The molecule has 0 spiro atoms. The van der Waals surface area contributed by atoms with E-state index in [-0.39, 0.29) is 5.82 Å². The van der Waals surface area contributed by atoms with Crippen LogP contribution in [0.5, 0.6) is 0 Å². The number of hydrogen-bond donors (Lipinski definition) is 1. The zero-order valence-electron chi connectivity index (χ0n) is 14.7. The summed E-state index contributed by atoms with van der Waals surface area (Å²) in [5.41, 5.74) is 1.22. The SMILES string of the molecule is CCCNc1nnc(SCCCc2nc(-c3ccc(C)c(F)c3)no2)s1. The first-order chi connectivity index (χ1) is 12.7. The Morgan fingerprint density at radius 2 is 2.19 bits per heavy atom. The normalized spacial score (nSPS) is 11.0. The number of hydrogen-bond acceptors (Lipinski definition) is 8. The Labute approximate surface area is 159 Å². The third kappa shape index (κ3) is 5.01. The van der Waals surface area contributed by atoms with E-state index in [1.54, 1.807) is 42.2 Å². The number of rotatable bonds is 9. The van der Waals surface area contributed by atoms with Gasteiger partial charge in [-0.2, -0.15) is 4.98 Å². The number of aryl methyl sites for hydroxylation is 2. The maximum absolute atomic E-state index is 13.6. The van der Waals surface area contributed by atoms with Gasteiger partial charge < -0.3 is 9.84 Å². The Morgan fingerprint density at radius 3 is 3.00 bits per heavy atom. The first kappa shape index (κ1) is 18.8. The first-order valence-corrected chi connectivity index (χ1v) is 10.2. The summed E-state index contributed by atoms with van der Waals surface area (Å²) < 4.78 is 19.9. The molecule has 3 rings (SSSR count). The van der Waals surface area contributed by atoms with E-state index in [9.17, 15) is 4.39 Å². The minimum atomic E-state index is -0.268. The molecule has 0 bridgehead atoms. The van der Waals surface area contributed by atoms with Gasteiger partial charge in [0.1, 0.15) is 5.82 Å². The van der Waals surface area contributed by atoms with Crippen LogP contribution in [0.1, 0.15) is 31.2 Å². The summed E-state index contributed by atoms with van der Waals surface area (Å²) in [5.74, 6) is 1.60. The first-order valence-electron chi connectivity index (χ1n) is 8.45. The van der Waals surface area contributed by atoms with Gasteiger partial charge >= 0.3 is 0 Å². The minimum Gasteiger partial charge on any atom is -0.360 e. The largest absolute Gasteiger partial charge is 0.360 e. The van der Waals surface area contributed by atoms with E-state index in [0.717, 1.165) is 34.6 Å². The van der Waals surface area contributed by atoms with E-state index in [1.807, 2.05) is 0 Å². The molecule has 2 heterocycles. The Bertz CT molecular complexity index is 851. The van der Waals surface area contributed by atoms with Crippen LogP contribution in [0, 0.1) is 12.7 Å². The number of anilines is 1. The van der Waals surface area contributed by atoms with Crippen molar-refractivity contribution in [2.24, 2.45) is 0 Å². The van der Waals surface area contributed by atoms with Gasteiger partial charge in [0.2, 0.25) is 16.8 Å². The lowest BCUT2D eigenvalue weighted by Crippen LogP contribution is -1.98. The molecule has 0 amide bonds. The van der Waals surface area contributed by atoms with Crippen molar-refractivity contribution < 1.29 is 8.91 Å². The van der Waals surface area contributed by atoms with Crippen LogP contribution in [0.15, 0.2) is 27.1 Å². The molecular weight excluding hydrogens is 373 g/mol. The molecule has 1 aromatic carbocycles. The van der Waals surface area contributed by atoms with Gasteiger partial charge in [0, 0.05) is 24.3 Å². The van der Waals surface area contributed by atoms with Crippen molar-refractivity contribution in [3.05, 3.63) is 35.5 Å². The number of aromatic nitrogens is 4. The van der Waals surface area contributed by atoms with Gasteiger partial charge in [-0.05, 0) is 31.4 Å². The minimum absolute atomic E-state index is 0.268. The van der Waals surface area contributed by atoms with Crippen LogP contribution >= 0.6 is 23.1 Å². The molecular formula is C17H20FN5OS2. The topological polar surface area (TPSA) is 76.7 Å². The van der Waals surface area contributed by atoms with Crippen molar-refractivity contribution >= 4 is 28.2 Å². The summed E-state index contributed by atoms with van der Waals surface area (Å²) in [4.78, 5) is 4.34. The molecule has 0 aliphatic carbocycles. The molecule has 0 atom stereocenters. The third-order valence-corrected chi connectivity index (χ3v) is 5.69. The van der Waals surface area contributed by atoms with Crippen molar-refractivity contribution in [1.29, 1.82) is 0 Å². The maximum atomic E-state index is 13.6. The molecule has 0 radical (unpaired) electrons. The predicted molar refractivity (Wildman–Crippen MR) is 102 cm³/mol. The van der Waals surface area contributed by atoms with Crippen molar-refractivity contribution in [3.8, 4) is 11.4 Å². The molecule has 0 aliphatic heterocycles. The van der Waals surface area contributed by atoms with E-state index in [4.69, 9.17) is 4.52 Å². The van der Waals surface area contributed by atoms with Gasteiger partial charge in [0.15, 0.2) is 4.34 Å². The number of benzene rings is 1. The molecule has 138 valence electrons. The fourth-order valence-electron chi connectivity index (χ4n) is 2.16. The van der Waals surface area contributed by atoms with Gasteiger partial charge in [-0.15, -0.1) is 10.2 Å². The van der Waals surface area contributed by atoms with E-state index in [1.165, 1.54) is 6.07 Å². The lowest BCUT2D eigenvalue weighted by Gasteiger charge is -1.97. The Hall–Kier alpha value is -2.00. The van der Waals surface area contributed by atoms with Crippen molar-refractivity contribution in [3.63, 3.8) is 0 Å². The van der Waals surface area contributed by atoms with E-state index in [0.29, 0.717) is 29.3 Å². The maximum Gasteiger partial charge on any atom is 0.226 e. The van der Waals surface area contributed by atoms with Crippen LogP contribution in [0.4, 0.5) is 9.52 Å². The second-order valence-corrected chi connectivity index (χ2v) is 8.05. The number of halogens is 1. The summed E-state index contributed by atoms with van der Waals surface area (Å²) in [6, 6.07) is 4.94. The van der Waals surface area contributed by atoms with Crippen molar-refractivity contribution in [2.75, 3.05) is 17.6 Å².